The fraction of sp³-hybridized carbons (Fsp3) is 0. The number of hydrogen-bond donors (Lipinski definition) is 3. The Bertz CT molecular complexity index is 782. The Morgan fingerprint density at radius 3 is 0.893 bits per heavy atom. The van der Waals surface area contributed by atoms with Gasteiger partial charge in [-0.25, -0.2) is 0 Å². The molecule has 0 heterocycles. The fourth-order valence-electron chi connectivity index (χ4n) is 1.76. The van der Waals surface area contributed by atoms with Crippen LogP contribution in [0.1, 0.15) is 0 Å². The fourth-order valence-corrected chi connectivity index (χ4v) is 1.76. The van der Waals surface area contributed by atoms with Crippen LogP contribution in [-0.2, 0) is 21.7 Å². The van der Waals surface area contributed by atoms with Crippen LogP contribution in [0.3, 0.4) is 0 Å². The van der Waals surface area contributed by atoms with Crippen LogP contribution in [0.15, 0.2) is 88.1 Å². The number of nitrogens with zero attached hydrogens (tertiary/aromatic N) is 6. The molecule has 3 aromatic rings. The van der Waals surface area contributed by atoms with E-state index >= 15 is 0 Å². The maximum absolute atomic E-state index is 8.23. The summed E-state index contributed by atoms with van der Waals surface area (Å²) >= 11 is 0. The Morgan fingerprint density at radius 1 is 0.500 bits per heavy atom. The molecule has 3 aromatic carbocycles. The van der Waals surface area contributed by atoms with Crippen molar-refractivity contribution in [2.75, 3.05) is 17.2 Å². The smallest absolute Gasteiger partial charge is 0.706 e. The summed E-state index contributed by atoms with van der Waals surface area (Å²) in [5.74, 6) is 0. The molecule has 1 radical (unpaired) electrons. The molecule has 0 saturated heterocycles. The van der Waals surface area contributed by atoms with E-state index in [9.17, 15) is 0 Å². The van der Waals surface area contributed by atoms with E-state index in [-0.39, 0.29) is 21.7 Å². The molecule has 139 valence electrons. The maximum Gasteiger partial charge on any atom is 3.00 e. The molecule has 10 heteroatoms. The zero-order valence-corrected chi connectivity index (χ0v) is 16.4. The van der Waals surface area contributed by atoms with Crippen LogP contribution >= 0.6 is 0 Å². The Labute approximate surface area is 177 Å². The molecule has 0 aliphatic carbocycles. The molecule has 0 spiro atoms. The van der Waals surface area contributed by atoms with Crippen molar-refractivity contribution in [2.24, 2.45) is 15.3 Å². The van der Waals surface area contributed by atoms with Crippen molar-refractivity contribution in [3.8, 4) is 0 Å². The predicted molar refractivity (Wildman–Crippen MR) is 109 cm³/mol. The quantitative estimate of drug-likeness (QED) is 0.283. The zero-order valence-electron chi connectivity index (χ0n) is 14.8. The molecule has 0 unspecified atom stereocenters. The second-order valence-corrected chi connectivity index (χ2v) is 5.08. The summed E-state index contributed by atoms with van der Waals surface area (Å²) in [4.78, 5) is 0. The first-order chi connectivity index (χ1) is 13.0. The summed E-state index contributed by atoms with van der Waals surface area (Å²) in [5.41, 5.74) is 44.0. The van der Waals surface area contributed by atoms with E-state index < -0.39 is 0 Å². The molecule has 0 atom stereocenters. The Hall–Kier alpha value is -3.43. The van der Waals surface area contributed by atoms with Crippen molar-refractivity contribution in [1.82, 2.24) is 0 Å². The van der Waals surface area contributed by atoms with Crippen molar-refractivity contribution in [1.29, 1.82) is 0 Å². The second-order valence-electron chi connectivity index (χ2n) is 5.08. The first-order valence-electron chi connectivity index (χ1n) is 7.60. The average molecular weight is 408 g/mol. The third-order valence-electron chi connectivity index (χ3n) is 2.96. The SMILES string of the molecule is [N-]=Nc1cccc(N)c1.[N-]=Nc1cccc(N)c1.[N-]=Nc1cccc(N)c1.[Ti+3]. The summed E-state index contributed by atoms with van der Waals surface area (Å²) in [6.07, 6.45) is 0. The second kappa shape index (κ2) is 13.7. The minimum Gasteiger partial charge on any atom is -0.706 e. The molecule has 0 aliphatic heterocycles. The molecule has 0 aliphatic rings. The Balaban J connectivity index is 0.000000384. The average Bonchev–Trinajstić information content (AvgIpc) is 2.69. The molecule has 28 heavy (non-hydrogen) atoms. The number of benzene rings is 3. The van der Waals surface area contributed by atoms with E-state index in [0.29, 0.717) is 34.1 Å². The molecular formula is C18H18N9Ti. The van der Waals surface area contributed by atoms with Crippen LogP contribution in [0.4, 0.5) is 34.1 Å². The summed E-state index contributed by atoms with van der Waals surface area (Å²) in [5, 5.41) is 8.85. The van der Waals surface area contributed by atoms with Gasteiger partial charge in [0.05, 0.1) is 0 Å². The number of hydrogen-bond acceptors (Lipinski definition) is 6. The number of nitrogens with two attached hydrogens (primary N) is 3. The van der Waals surface area contributed by atoms with Gasteiger partial charge in [-0.1, -0.05) is 18.2 Å². The van der Waals surface area contributed by atoms with Gasteiger partial charge in [0.15, 0.2) is 0 Å². The van der Waals surface area contributed by atoms with Gasteiger partial charge in [-0.15, -0.1) is 0 Å². The van der Waals surface area contributed by atoms with Crippen LogP contribution < -0.4 is 17.2 Å². The van der Waals surface area contributed by atoms with Crippen molar-refractivity contribution in [2.45, 2.75) is 0 Å². The van der Waals surface area contributed by atoms with E-state index in [1.807, 2.05) is 0 Å². The first-order valence-corrected chi connectivity index (χ1v) is 7.60. The van der Waals surface area contributed by atoms with Crippen molar-refractivity contribution < 1.29 is 21.7 Å². The van der Waals surface area contributed by atoms with Gasteiger partial charge in [0, 0.05) is 34.1 Å². The molecule has 0 bridgehead atoms. The van der Waals surface area contributed by atoms with Gasteiger partial charge in [-0.05, 0) is 54.6 Å². The van der Waals surface area contributed by atoms with Gasteiger partial charge in [0.1, 0.15) is 0 Å². The van der Waals surface area contributed by atoms with Crippen molar-refractivity contribution in [3.63, 3.8) is 0 Å². The van der Waals surface area contributed by atoms with E-state index in [4.69, 9.17) is 33.8 Å². The molecule has 0 saturated carbocycles. The summed E-state index contributed by atoms with van der Waals surface area (Å²) in [6.45, 7) is 0. The van der Waals surface area contributed by atoms with Gasteiger partial charge < -0.3 is 49.1 Å². The summed E-state index contributed by atoms with van der Waals surface area (Å²) in [6, 6.07) is 20.1. The normalized spacial score (nSPS) is 8.57. The van der Waals surface area contributed by atoms with Gasteiger partial charge in [0.25, 0.3) is 0 Å². The van der Waals surface area contributed by atoms with Gasteiger partial charge >= 0.3 is 21.7 Å². The van der Waals surface area contributed by atoms with Crippen molar-refractivity contribution >= 4 is 34.1 Å². The Morgan fingerprint density at radius 2 is 0.750 bits per heavy atom. The predicted octanol–water partition coefficient (Wildman–Crippen LogP) is 5.76. The minimum atomic E-state index is 0. The van der Waals surface area contributed by atoms with Gasteiger partial charge in [0.2, 0.25) is 0 Å². The summed E-state index contributed by atoms with van der Waals surface area (Å²) < 4.78 is 0. The topological polar surface area (TPSA) is 182 Å². The minimum absolute atomic E-state index is 0. The van der Waals surface area contributed by atoms with Crippen LogP contribution in [0, 0.1) is 0 Å². The number of anilines is 3. The van der Waals surface area contributed by atoms with Crippen LogP contribution in [0.2, 0.25) is 0 Å². The molecule has 0 aromatic heterocycles. The molecule has 9 nitrogen and oxygen atoms in total. The van der Waals surface area contributed by atoms with Crippen LogP contribution in [0.5, 0.6) is 0 Å². The van der Waals surface area contributed by atoms with E-state index in [0.717, 1.165) is 0 Å². The number of nitrogen functional groups attached to an aromatic ring is 3. The summed E-state index contributed by atoms with van der Waals surface area (Å²) in [7, 11) is 0. The third-order valence-corrected chi connectivity index (χ3v) is 2.96. The largest absolute Gasteiger partial charge is 3.00 e. The standard InChI is InChI=1S/3C6H6N3.Ti/c3*7-5-2-1-3-6(4-5)9-8;/h3*1-4H,7H2;/q3*-1;+3. The van der Waals surface area contributed by atoms with E-state index in [1.165, 1.54) is 0 Å². The molecular weight excluding hydrogens is 390 g/mol. The monoisotopic (exact) mass is 408 g/mol. The molecule has 0 fully saturated rings. The maximum atomic E-state index is 8.23. The van der Waals surface area contributed by atoms with Crippen LogP contribution in [-0.4, -0.2) is 0 Å². The van der Waals surface area contributed by atoms with E-state index in [1.54, 1.807) is 72.8 Å². The molecule has 3 rings (SSSR count). The Kier molecular flexibility index (Phi) is 12.1. The first kappa shape index (κ1) is 24.6. The van der Waals surface area contributed by atoms with E-state index in [2.05, 4.69) is 15.3 Å². The zero-order chi connectivity index (χ0) is 20.1. The molecule has 0 amide bonds. The number of rotatable bonds is 3. The van der Waals surface area contributed by atoms with Gasteiger partial charge in [-0.3, -0.25) is 0 Å². The van der Waals surface area contributed by atoms with Crippen molar-refractivity contribution in [3.05, 3.63) is 89.4 Å². The molecule has 6 N–H and O–H groups in total. The third kappa shape index (κ3) is 9.90. The van der Waals surface area contributed by atoms with Gasteiger partial charge in [-0.2, -0.15) is 0 Å². The van der Waals surface area contributed by atoms with Crippen LogP contribution in [0.25, 0.3) is 16.6 Å².